The van der Waals surface area contributed by atoms with E-state index in [4.69, 9.17) is 10.5 Å². The van der Waals surface area contributed by atoms with E-state index in [1.807, 2.05) is 19.1 Å². The largest absolute Gasteiger partial charge is 0.496 e. The topological polar surface area (TPSA) is 63.9 Å². The Hall–Kier alpha value is -1.71. The molecule has 1 aromatic heterocycles. The smallest absolute Gasteiger partial charge is 0.153 e. The van der Waals surface area contributed by atoms with E-state index in [0.717, 1.165) is 22.2 Å². The first-order valence-electron chi connectivity index (χ1n) is 4.01. The maximum absolute atomic E-state index is 5.70. The van der Waals surface area contributed by atoms with Gasteiger partial charge in [-0.1, -0.05) is 0 Å². The fourth-order valence-electron chi connectivity index (χ4n) is 1.51. The van der Waals surface area contributed by atoms with Crippen LogP contribution in [0.4, 0.5) is 5.82 Å². The summed E-state index contributed by atoms with van der Waals surface area (Å²) in [4.78, 5) is 0. The van der Waals surface area contributed by atoms with Crippen LogP contribution in [0.2, 0.25) is 0 Å². The SMILES string of the molecule is COc1ccc2[nH]nc(N)c2c1C. The van der Waals surface area contributed by atoms with Crippen molar-refractivity contribution in [1.29, 1.82) is 0 Å². The minimum Gasteiger partial charge on any atom is -0.496 e. The maximum atomic E-state index is 5.70. The molecule has 0 radical (unpaired) electrons. The molecule has 4 nitrogen and oxygen atoms in total. The zero-order valence-electron chi connectivity index (χ0n) is 7.59. The molecular weight excluding hydrogens is 166 g/mol. The van der Waals surface area contributed by atoms with Crippen molar-refractivity contribution in [2.24, 2.45) is 0 Å². The van der Waals surface area contributed by atoms with E-state index in [0.29, 0.717) is 5.82 Å². The Morgan fingerprint density at radius 1 is 1.46 bits per heavy atom. The highest BCUT2D eigenvalue weighted by Gasteiger charge is 2.08. The van der Waals surface area contributed by atoms with Crippen LogP contribution < -0.4 is 10.5 Å². The summed E-state index contributed by atoms with van der Waals surface area (Å²) in [6, 6.07) is 3.81. The van der Waals surface area contributed by atoms with Crippen LogP contribution >= 0.6 is 0 Å². The van der Waals surface area contributed by atoms with Gasteiger partial charge in [-0.25, -0.2) is 0 Å². The lowest BCUT2D eigenvalue weighted by atomic mass is 10.1. The van der Waals surface area contributed by atoms with E-state index < -0.39 is 0 Å². The minimum absolute atomic E-state index is 0.520. The van der Waals surface area contributed by atoms with Crippen LogP contribution in [0.15, 0.2) is 12.1 Å². The molecule has 0 atom stereocenters. The first-order chi connectivity index (χ1) is 6.24. The normalized spacial score (nSPS) is 10.6. The zero-order valence-corrected chi connectivity index (χ0v) is 7.59. The monoisotopic (exact) mass is 177 g/mol. The molecule has 0 fully saturated rings. The predicted octanol–water partition coefficient (Wildman–Crippen LogP) is 1.46. The van der Waals surface area contributed by atoms with Crippen LogP contribution in [0.25, 0.3) is 10.9 Å². The van der Waals surface area contributed by atoms with Crippen LogP contribution in [0.1, 0.15) is 5.56 Å². The number of rotatable bonds is 1. The summed E-state index contributed by atoms with van der Waals surface area (Å²) < 4.78 is 5.18. The number of hydrogen-bond acceptors (Lipinski definition) is 3. The number of anilines is 1. The number of aryl methyl sites for hydroxylation is 1. The molecule has 1 heterocycles. The van der Waals surface area contributed by atoms with Crippen LogP contribution in [-0.2, 0) is 0 Å². The molecule has 68 valence electrons. The van der Waals surface area contributed by atoms with Crippen LogP contribution in [-0.4, -0.2) is 17.3 Å². The summed E-state index contributed by atoms with van der Waals surface area (Å²) in [5.74, 6) is 1.35. The number of nitrogens with one attached hydrogen (secondary N) is 1. The van der Waals surface area contributed by atoms with E-state index >= 15 is 0 Å². The molecule has 0 saturated carbocycles. The Balaban J connectivity index is 2.83. The van der Waals surface area contributed by atoms with Gasteiger partial charge < -0.3 is 10.5 Å². The maximum Gasteiger partial charge on any atom is 0.153 e. The van der Waals surface area contributed by atoms with Gasteiger partial charge in [-0.2, -0.15) is 5.10 Å². The number of fused-ring (bicyclic) bond motifs is 1. The number of nitrogen functional groups attached to an aromatic ring is 1. The fraction of sp³-hybridized carbons (Fsp3) is 0.222. The van der Waals surface area contributed by atoms with Gasteiger partial charge in [-0.05, 0) is 19.1 Å². The van der Waals surface area contributed by atoms with E-state index in [9.17, 15) is 0 Å². The Morgan fingerprint density at radius 2 is 2.23 bits per heavy atom. The lowest BCUT2D eigenvalue weighted by Gasteiger charge is -2.04. The number of hydrogen-bond donors (Lipinski definition) is 2. The molecule has 0 unspecified atom stereocenters. The van der Waals surface area contributed by atoms with Crippen molar-refractivity contribution in [3.8, 4) is 5.75 Å². The zero-order chi connectivity index (χ0) is 9.42. The second-order valence-corrected chi connectivity index (χ2v) is 2.92. The number of nitrogens with two attached hydrogens (primary N) is 1. The van der Waals surface area contributed by atoms with E-state index in [1.54, 1.807) is 7.11 Å². The second-order valence-electron chi connectivity index (χ2n) is 2.92. The molecule has 0 spiro atoms. The summed E-state index contributed by atoms with van der Waals surface area (Å²) in [7, 11) is 1.64. The third-order valence-corrected chi connectivity index (χ3v) is 2.19. The third-order valence-electron chi connectivity index (χ3n) is 2.19. The first kappa shape index (κ1) is 7.91. The van der Waals surface area contributed by atoms with Crippen molar-refractivity contribution < 1.29 is 4.74 Å². The molecule has 0 aliphatic rings. The molecule has 13 heavy (non-hydrogen) atoms. The highest BCUT2D eigenvalue weighted by Crippen LogP contribution is 2.28. The molecule has 0 saturated heterocycles. The van der Waals surface area contributed by atoms with E-state index in [-0.39, 0.29) is 0 Å². The Morgan fingerprint density at radius 3 is 2.92 bits per heavy atom. The molecule has 3 N–H and O–H groups in total. The fourth-order valence-corrected chi connectivity index (χ4v) is 1.51. The van der Waals surface area contributed by atoms with Crippen molar-refractivity contribution in [1.82, 2.24) is 10.2 Å². The molecule has 0 bridgehead atoms. The van der Waals surface area contributed by atoms with Gasteiger partial charge in [-0.15, -0.1) is 0 Å². The van der Waals surface area contributed by atoms with Gasteiger partial charge in [-0.3, -0.25) is 5.10 Å². The average molecular weight is 177 g/mol. The summed E-state index contributed by atoms with van der Waals surface area (Å²) in [5, 5.41) is 7.72. The van der Waals surface area contributed by atoms with E-state index in [1.165, 1.54) is 0 Å². The lowest BCUT2D eigenvalue weighted by molar-refractivity contribution is 0.412. The van der Waals surface area contributed by atoms with Gasteiger partial charge in [0, 0.05) is 5.56 Å². The third kappa shape index (κ3) is 1.02. The van der Waals surface area contributed by atoms with Crippen LogP contribution in [0.3, 0.4) is 0 Å². The lowest BCUT2D eigenvalue weighted by Crippen LogP contribution is -1.90. The van der Waals surface area contributed by atoms with Crippen LogP contribution in [0, 0.1) is 6.92 Å². The number of aromatic nitrogens is 2. The van der Waals surface area contributed by atoms with Gasteiger partial charge in [0.15, 0.2) is 5.82 Å². The van der Waals surface area contributed by atoms with Gasteiger partial charge in [0.05, 0.1) is 18.0 Å². The van der Waals surface area contributed by atoms with Crippen LogP contribution in [0.5, 0.6) is 5.75 Å². The van der Waals surface area contributed by atoms with Crippen molar-refractivity contribution in [2.45, 2.75) is 6.92 Å². The molecule has 2 rings (SSSR count). The molecule has 0 aliphatic heterocycles. The summed E-state index contributed by atoms with van der Waals surface area (Å²) in [6.07, 6.45) is 0. The van der Waals surface area contributed by atoms with Crippen molar-refractivity contribution in [3.63, 3.8) is 0 Å². The van der Waals surface area contributed by atoms with E-state index in [2.05, 4.69) is 10.2 Å². The molecule has 0 amide bonds. The highest BCUT2D eigenvalue weighted by atomic mass is 16.5. The quantitative estimate of drug-likeness (QED) is 0.693. The van der Waals surface area contributed by atoms with Gasteiger partial charge >= 0.3 is 0 Å². The standard InChI is InChI=1S/C9H11N3O/c1-5-7(13-2)4-3-6-8(5)9(10)12-11-6/h3-4H,1-2H3,(H3,10,11,12). The number of aromatic amines is 1. The number of H-pyrrole nitrogens is 1. The van der Waals surface area contributed by atoms with Crippen molar-refractivity contribution >= 4 is 16.7 Å². The molecule has 0 aliphatic carbocycles. The second kappa shape index (κ2) is 2.65. The Bertz CT molecular complexity index is 447. The average Bonchev–Trinajstić information content (AvgIpc) is 2.49. The number of methoxy groups -OCH3 is 1. The number of benzene rings is 1. The first-order valence-corrected chi connectivity index (χ1v) is 4.01. The molecule has 1 aromatic carbocycles. The molecule has 2 aromatic rings. The summed E-state index contributed by atoms with van der Waals surface area (Å²) in [5.41, 5.74) is 7.66. The van der Waals surface area contributed by atoms with Crippen molar-refractivity contribution in [2.75, 3.05) is 12.8 Å². The predicted molar refractivity (Wildman–Crippen MR) is 51.8 cm³/mol. The highest BCUT2D eigenvalue weighted by molar-refractivity contribution is 5.93. The van der Waals surface area contributed by atoms with Gasteiger partial charge in [0.2, 0.25) is 0 Å². The minimum atomic E-state index is 0.520. The Kier molecular flexibility index (Phi) is 1.62. The number of nitrogens with zero attached hydrogens (tertiary/aromatic N) is 1. The van der Waals surface area contributed by atoms with Gasteiger partial charge in [0.25, 0.3) is 0 Å². The van der Waals surface area contributed by atoms with Crippen molar-refractivity contribution in [3.05, 3.63) is 17.7 Å². The molecule has 4 heteroatoms. The summed E-state index contributed by atoms with van der Waals surface area (Å²) >= 11 is 0. The molecular formula is C9H11N3O. The Labute approximate surface area is 75.7 Å². The number of ether oxygens (including phenoxy) is 1. The summed E-state index contributed by atoms with van der Waals surface area (Å²) in [6.45, 7) is 1.97. The van der Waals surface area contributed by atoms with Gasteiger partial charge in [0.1, 0.15) is 5.75 Å².